The molecule has 0 bridgehead atoms. The smallest absolute Gasteiger partial charge is 0.416 e. The number of benzene rings is 2. The number of rotatable bonds is 4. The van der Waals surface area contributed by atoms with Crippen LogP contribution in [0.5, 0.6) is 5.75 Å². The minimum atomic E-state index is -4.50. The number of amides is 1. The summed E-state index contributed by atoms with van der Waals surface area (Å²) in [5.41, 5.74) is 0.159. The van der Waals surface area contributed by atoms with Crippen molar-refractivity contribution in [1.29, 1.82) is 0 Å². The highest BCUT2D eigenvalue weighted by molar-refractivity contribution is 6.07. The predicted molar refractivity (Wildman–Crippen MR) is 102 cm³/mol. The van der Waals surface area contributed by atoms with Crippen molar-refractivity contribution in [2.24, 2.45) is 0 Å². The number of piperazine rings is 1. The molecular weight excluding hydrogens is 371 g/mol. The van der Waals surface area contributed by atoms with Crippen LogP contribution in [0.4, 0.5) is 24.5 Å². The second-order valence-corrected chi connectivity index (χ2v) is 6.67. The Morgan fingerprint density at radius 1 is 1.07 bits per heavy atom. The minimum absolute atomic E-state index is 0.135. The van der Waals surface area contributed by atoms with Gasteiger partial charge in [0.1, 0.15) is 5.75 Å². The highest BCUT2D eigenvalue weighted by atomic mass is 19.4. The average molecular weight is 393 g/mol. The SMILES string of the molecule is COc1ccccc1C(=O)Nc1cc(C(F)(F)F)ccc1N1CCN(C)CC1. The molecule has 1 saturated heterocycles. The maximum atomic E-state index is 13.2. The molecule has 3 rings (SSSR count). The summed E-state index contributed by atoms with van der Waals surface area (Å²) in [6.45, 7) is 2.92. The number of para-hydroxylation sites is 1. The number of carbonyl (C=O) groups is 1. The highest BCUT2D eigenvalue weighted by Crippen LogP contribution is 2.36. The molecule has 0 aliphatic carbocycles. The maximum Gasteiger partial charge on any atom is 0.416 e. The summed E-state index contributed by atoms with van der Waals surface area (Å²) in [4.78, 5) is 16.9. The van der Waals surface area contributed by atoms with Gasteiger partial charge in [0.05, 0.1) is 29.6 Å². The Balaban J connectivity index is 1.95. The van der Waals surface area contributed by atoms with E-state index in [1.54, 1.807) is 24.3 Å². The number of halogens is 3. The van der Waals surface area contributed by atoms with Crippen molar-refractivity contribution in [2.45, 2.75) is 6.18 Å². The van der Waals surface area contributed by atoms with Gasteiger partial charge in [0.15, 0.2) is 0 Å². The van der Waals surface area contributed by atoms with E-state index in [-0.39, 0.29) is 11.3 Å². The molecule has 1 fully saturated rings. The maximum absolute atomic E-state index is 13.2. The lowest BCUT2D eigenvalue weighted by Crippen LogP contribution is -2.44. The van der Waals surface area contributed by atoms with Gasteiger partial charge in [-0.05, 0) is 37.4 Å². The van der Waals surface area contributed by atoms with Crippen LogP contribution in [-0.2, 0) is 6.18 Å². The predicted octanol–water partition coefficient (Wildman–Crippen LogP) is 3.72. The third kappa shape index (κ3) is 4.39. The second kappa shape index (κ2) is 8.10. The number of methoxy groups -OCH3 is 1. The lowest BCUT2D eigenvalue weighted by atomic mass is 10.1. The summed E-state index contributed by atoms with van der Waals surface area (Å²) in [7, 11) is 3.43. The van der Waals surface area contributed by atoms with Gasteiger partial charge in [0.2, 0.25) is 0 Å². The highest BCUT2D eigenvalue weighted by Gasteiger charge is 2.32. The van der Waals surface area contributed by atoms with Gasteiger partial charge in [0.25, 0.3) is 5.91 Å². The molecule has 1 N–H and O–H groups in total. The van der Waals surface area contributed by atoms with Gasteiger partial charge in [-0.3, -0.25) is 4.79 Å². The Hall–Kier alpha value is -2.74. The van der Waals surface area contributed by atoms with Gasteiger partial charge in [0, 0.05) is 26.2 Å². The molecule has 2 aromatic rings. The van der Waals surface area contributed by atoms with Crippen molar-refractivity contribution in [3.8, 4) is 5.75 Å². The second-order valence-electron chi connectivity index (χ2n) is 6.67. The lowest BCUT2D eigenvalue weighted by Gasteiger charge is -2.35. The van der Waals surface area contributed by atoms with E-state index in [0.29, 0.717) is 24.5 Å². The number of nitrogens with zero attached hydrogens (tertiary/aromatic N) is 2. The fourth-order valence-corrected chi connectivity index (χ4v) is 3.16. The Labute approximate surface area is 161 Å². The summed E-state index contributed by atoms with van der Waals surface area (Å²) >= 11 is 0. The van der Waals surface area contributed by atoms with Gasteiger partial charge in [-0.25, -0.2) is 0 Å². The van der Waals surface area contributed by atoms with E-state index in [4.69, 9.17) is 4.74 Å². The summed E-state index contributed by atoms with van der Waals surface area (Å²) in [6, 6.07) is 10.0. The number of hydrogen-bond acceptors (Lipinski definition) is 4. The lowest BCUT2D eigenvalue weighted by molar-refractivity contribution is -0.137. The molecule has 1 amide bonds. The summed E-state index contributed by atoms with van der Waals surface area (Å²) in [5, 5.41) is 2.65. The van der Waals surface area contributed by atoms with Crippen molar-refractivity contribution < 1.29 is 22.7 Å². The number of anilines is 2. The van der Waals surface area contributed by atoms with Gasteiger partial charge < -0.3 is 19.9 Å². The molecule has 2 aromatic carbocycles. The first-order chi connectivity index (χ1) is 13.3. The Morgan fingerprint density at radius 2 is 1.75 bits per heavy atom. The molecule has 8 heteroatoms. The van der Waals surface area contributed by atoms with Crippen molar-refractivity contribution >= 4 is 17.3 Å². The summed E-state index contributed by atoms with van der Waals surface area (Å²) < 4.78 is 44.8. The number of carbonyl (C=O) groups excluding carboxylic acids is 1. The molecule has 150 valence electrons. The fourth-order valence-electron chi connectivity index (χ4n) is 3.16. The molecule has 1 aliphatic rings. The van der Waals surface area contributed by atoms with Crippen molar-refractivity contribution in [1.82, 2.24) is 4.90 Å². The van der Waals surface area contributed by atoms with Crippen molar-refractivity contribution in [2.75, 3.05) is 50.6 Å². The first-order valence-electron chi connectivity index (χ1n) is 8.88. The van der Waals surface area contributed by atoms with E-state index in [2.05, 4.69) is 10.2 Å². The molecule has 0 spiro atoms. The average Bonchev–Trinajstić information content (AvgIpc) is 2.68. The van der Waals surface area contributed by atoms with Crippen LogP contribution in [-0.4, -0.2) is 51.1 Å². The number of ether oxygens (including phenoxy) is 1. The molecule has 28 heavy (non-hydrogen) atoms. The number of alkyl halides is 3. The standard InChI is InChI=1S/C20H22F3N3O2/c1-25-9-11-26(12-10-25)17-8-7-14(20(21,22)23)13-16(17)24-19(27)15-5-3-4-6-18(15)28-2/h3-8,13H,9-12H2,1-2H3,(H,24,27). The molecular formula is C20H22F3N3O2. The molecule has 1 heterocycles. The van der Waals surface area contributed by atoms with Gasteiger partial charge in [-0.1, -0.05) is 12.1 Å². The van der Waals surface area contributed by atoms with Gasteiger partial charge >= 0.3 is 6.18 Å². The minimum Gasteiger partial charge on any atom is -0.496 e. The molecule has 1 aliphatic heterocycles. The zero-order valence-corrected chi connectivity index (χ0v) is 15.7. The van der Waals surface area contributed by atoms with Crippen LogP contribution >= 0.6 is 0 Å². The first kappa shape index (κ1) is 20.0. The van der Waals surface area contributed by atoms with Gasteiger partial charge in [-0.2, -0.15) is 13.2 Å². The molecule has 0 aromatic heterocycles. The largest absolute Gasteiger partial charge is 0.496 e. The van der Waals surface area contributed by atoms with E-state index < -0.39 is 17.6 Å². The zero-order chi connectivity index (χ0) is 20.3. The van der Waals surface area contributed by atoms with E-state index in [1.807, 2.05) is 11.9 Å². The topological polar surface area (TPSA) is 44.8 Å². The van der Waals surface area contributed by atoms with Crippen LogP contribution in [0.2, 0.25) is 0 Å². The molecule has 5 nitrogen and oxygen atoms in total. The Morgan fingerprint density at radius 3 is 2.39 bits per heavy atom. The number of hydrogen-bond donors (Lipinski definition) is 1. The fraction of sp³-hybridized carbons (Fsp3) is 0.350. The first-order valence-corrected chi connectivity index (χ1v) is 8.88. The van der Waals surface area contributed by atoms with Crippen LogP contribution < -0.4 is 15.0 Å². The van der Waals surface area contributed by atoms with Gasteiger partial charge in [-0.15, -0.1) is 0 Å². The van der Waals surface area contributed by atoms with Crippen molar-refractivity contribution in [3.05, 3.63) is 53.6 Å². The third-order valence-electron chi connectivity index (χ3n) is 4.77. The molecule has 0 radical (unpaired) electrons. The van der Waals surface area contributed by atoms with E-state index >= 15 is 0 Å². The van der Waals surface area contributed by atoms with Crippen LogP contribution in [0.25, 0.3) is 0 Å². The summed E-state index contributed by atoms with van der Waals surface area (Å²) in [5.74, 6) is -0.166. The quantitative estimate of drug-likeness (QED) is 0.860. The Bertz CT molecular complexity index is 847. The van der Waals surface area contributed by atoms with E-state index in [9.17, 15) is 18.0 Å². The number of likely N-dealkylation sites (N-methyl/N-ethyl adjacent to an activating group) is 1. The van der Waals surface area contributed by atoms with Crippen LogP contribution in [0, 0.1) is 0 Å². The molecule has 0 unspecified atom stereocenters. The zero-order valence-electron chi connectivity index (χ0n) is 15.7. The number of nitrogens with one attached hydrogen (secondary N) is 1. The van der Waals surface area contributed by atoms with E-state index in [1.165, 1.54) is 13.2 Å². The van der Waals surface area contributed by atoms with Crippen LogP contribution in [0.1, 0.15) is 15.9 Å². The monoisotopic (exact) mass is 393 g/mol. The van der Waals surface area contributed by atoms with Crippen LogP contribution in [0.3, 0.4) is 0 Å². The van der Waals surface area contributed by atoms with Crippen LogP contribution in [0.15, 0.2) is 42.5 Å². The summed E-state index contributed by atoms with van der Waals surface area (Å²) in [6.07, 6.45) is -4.50. The van der Waals surface area contributed by atoms with Crippen molar-refractivity contribution in [3.63, 3.8) is 0 Å². The third-order valence-corrected chi connectivity index (χ3v) is 4.77. The molecule has 0 saturated carbocycles. The normalized spacial score (nSPS) is 15.4. The van der Waals surface area contributed by atoms with E-state index in [0.717, 1.165) is 25.2 Å². The Kier molecular flexibility index (Phi) is 5.79. The molecule has 0 atom stereocenters.